The Morgan fingerprint density at radius 2 is 2.31 bits per heavy atom. The molecule has 2 aromatic rings. The van der Waals surface area contributed by atoms with Gasteiger partial charge in [0.05, 0.1) is 0 Å². The first-order chi connectivity index (χ1) is 6.27. The Morgan fingerprint density at radius 1 is 1.46 bits per heavy atom. The van der Waals surface area contributed by atoms with Crippen LogP contribution in [0.15, 0.2) is 29.7 Å². The summed E-state index contributed by atoms with van der Waals surface area (Å²) >= 11 is 0. The summed E-state index contributed by atoms with van der Waals surface area (Å²) in [6.45, 7) is 0. The fourth-order valence-electron chi connectivity index (χ4n) is 0.910. The molecular weight excluding hydrogens is 170 g/mol. The van der Waals surface area contributed by atoms with Crippen molar-refractivity contribution in [2.24, 2.45) is 7.05 Å². The molecule has 0 spiro atoms. The lowest BCUT2D eigenvalue weighted by atomic mass is 10.6. The Bertz CT molecular complexity index is 458. The van der Waals surface area contributed by atoms with Gasteiger partial charge in [-0.25, -0.2) is 14.5 Å². The van der Waals surface area contributed by atoms with Crippen LogP contribution in [0.4, 0.5) is 0 Å². The van der Waals surface area contributed by atoms with Crippen LogP contribution < -0.4 is 5.69 Å². The van der Waals surface area contributed by atoms with Crippen LogP contribution in [0.1, 0.15) is 0 Å². The van der Waals surface area contributed by atoms with E-state index in [0.29, 0.717) is 5.82 Å². The maximum Gasteiger partial charge on any atom is 0.349 e. The zero-order valence-electron chi connectivity index (χ0n) is 6.95. The van der Waals surface area contributed by atoms with Gasteiger partial charge in [-0.3, -0.25) is 0 Å². The van der Waals surface area contributed by atoms with Crippen LogP contribution in [0.5, 0.6) is 0 Å². The second kappa shape index (κ2) is 2.81. The minimum absolute atomic E-state index is 0.312. The molecule has 0 fully saturated rings. The fraction of sp³-hybridized carbons (Fsp3) is 0.143. The molecule has 0 radical (unpaired) electrons. The zero-order valence-corrected chi connectivity index (χ0v) is 6.95. The molecular formula is C7H7N5O. The number of aromatic nitrogens is 5. The van der Waals surface area contributed by atoms with Gasteiger partial charge in [-0.15, -0.1) is 0 Å². The molecule has 0 aliphatic rings. The largest absolute Gasteiger partial charge is 0.349 e. The van der Waals surface area contributed by atoms with E-state index in [1.807, 2.05) is 0 Å². The summed E-state index contributed by atoms with van der Waals surface area (Å²) in [5.41, 5.74) is -0.312. The number of aryl methyl sites for hydroxylation is 1. The summed E-state index contributed by atoms with van der Waals surface area (Å²) in [6.07, 6.45) is 4.51. The summed E-state index contributed by atoms with van der Waals surface area (Å²) in [7, 11) is 1.64. The fourth-order valence-corrected chi connectivity index (χ4v) is 0.910. The van der Waals surface area contributed by atoms with Crippen LogP contribution in [0.2, 0.25) is 0 Å². The molecule has 0 amide bonds. The summed E-state index contributed by atoms with van der Waals surface area (Å²) in [6, 6.07) is 1.69. The highest BCUT2D eigenvalue weighted by atomic mass is 16.1. The molecule has 66 valence electrons. The molecule has 2 rings (SSSR count). The van der Waals surface area contributed by atoms with E-state index >= 15 is 0 Å². The molecule has 2 heterocycles. The summed E-state index contributed by atoms with van der Waals surface area (Å²) in [4.78, 5) is 18.7. The highest BCUT2D eigenvalue weighted by Gasteiger charge is 1.99. The minimum atomic E-state index is -0.312. The molecule has 2 aromatic heterocycles. The Kier molecular flexibility index (Phi) is 1.66. The maximum absolute atomic E-state index is 11.1. The molecule has 0 aliphatic heterocycles. The van der Waals surface area contributed by atoms with Crippen molar-refractivity contribution in [1.29, 1.82) is 0 Å². The number of nitrogens with zero attached hydrogens (tertiary/aromatic N) is 5. The van der Waals surface area contributed by atoms with Crippen LogP contribution in [-0.4, -0.2) is 24.3 Å². The molecule has 0 bridgehead atoms. The van der Waals surface area contributed by atoms with Crippen molar-refractivity contribution in [2.45, 2.75) is 0 Å². The monoisotopic (exact) mass is 177 g/mol. The molecule has 0 N–H and O–H groups in total. The molecule has 0 saturated heterocycles. The van der Waals surface area contributed by atoms with Crippen molar-refractivity contribution in [1.82, 2.24) is 24.3 Å². The van der Waals surface area contributed by atoms with Crippen LogP contribution in [0.3, 0.4) is 0 Å². The lowest BCUT2D eigenvalue weighted by molar-refractivity contribution is 0.763. The molecule has 13 heavy (non-hydrogen) atoms. The van der Waals surface area contributed by atoms with Gasteiger partial charge < -0.3 is 4.57 Å². The van der Waals surface area contributed by atoms with E-state index in [4.69, 9.17) is 0 Å². The zero-order chi connectivity index (χ0) is 9.26. The van der Waals surface area contributed by atoms with E-state index in [0.717, 1.165) is 0 Å². The third kappa shape index (κ3) is 1.33. The van der Waals surface area contributed by atoms with E-state index in [1.165, 1.54) is 21.9 Å². The molecule has 6 heteroatoms. The molecule has 0 saturated carbocycles. The standard InChI is InChI=1S/C7H7N5O/c1-11-3-2-6(10-7(11)13)12-5-8-4-9-12/h2-5H,1H3. The van der Waals surface area contributed by atoms with Crippen LogP contribution in [0.25, 0.3) is 5.82 Å². The van der Waals surface area contributed by atoms with Gasteiger partial charge in [-0.1, -0.05) is 0 Å². The molecule has 6 nitrogen and oxygen atoms in total. The normalized spacial score (nSPS) is 10.2. The Hall–Kier alpha value is -1.98. The first-order valence-corrected chi connectivity index (χ1v) is 3.66. The highest BCUT2D eigenvalue weighted by Crippen LogP contribution is 1.94. The second-order valence-corrected chi connectivity index (χ2v) is 2.52. The smallest absolute Gasteiger partial charge is 0.302 e. The third-order valence-electron chi connectivity index (χ3n) is 1.61. The van der Waals surface area contributed by atoms with Crippen molar-refractivity contribution >= 4 is 0 Å². The average Bonchev–Trinajstić information content (AvgIpc) is 2.62. The van der Waals surface area contributed by atoms with Crippen molar-refractivity contribution in [3.05, 3.63) is 35.4 Å². The summed E-state index contributed by atoms with van der Waals surface area (Å²) < 4.78 is 2.82. The molecule has 0 aliphatic carbocycles. The second-order valence-electron chi connectivity index (χ2n) is 2.52. The number of rotatable bonds is 1. The number of hydrogen-bond donors (Lipinski definition) is 0. The Labute approximate surface area is 73.5 Å². The van der Waals surface area contributed by atoms with E-state index in [9.17, 15) is 4.79 Å². The lowest BCUT2D eigenvalue weighted by Crippen LogP contribution is -2.21. The van der Waals surface area contributed by atoms with Crippen molar-refractivity contribution in [2.75, 3.05) is 0 Å². The van der Waals surface area contributed by atoms with Crippen LogP contribution in [-0.2, 0) is 7.05 Å². The molecule has 0 unspecified atom stereocenters. The first kappa shape index (κ1) is 7.66. The first-order valence-electron chi connectivity index (χ1n) is 3.66. The van der Waals surface area contributed by atoms with Crippen molar-refractivity contribution in [3.8, 4) is 5.82 Å². The topological polar surface area (TPSA) is 65.6 Å². The van der Waals surface area contributed by atoms with Gasteiger partial charge in [0.1, 0.15) is 12.7 Å². The predicted octanol–water partition coefficient (Wildman–Crippen LogP) is -0.639. The van der Waals surface area contributed by atoms with Crippen molar-refractivity contribution < 1.29 is 0 Å². The van der Waals surface area contributed by atoms with E-state index in [-0.39, 0.29) is 5.69 Å². The average molecular weight is 177 g/mol. The van der Waals surface area contributed by atoms with Crippen LogP contribution >= 0.6 is 0 Å². The summed E-state index contributed by atoms with van der Waals surface area (Å²) in [5, 5.41) is 3.85. The Balaban J connectivity index is 2.55. The maximum atomic E-state index is 11.1. The SMILES string of the molecule is Cn1ccc(-n2cncn2)nc1=O. The highest BCUT2D eigenvalue weighted by molar-refractivity contribution is 5.15. The molecule has 0 atom stereocenters. The Morgan fingerprint density at radius 3 is 2.92 bits per heavy atom. The van der Waals surface area contributed by atoms with Gasteiger partial charge in [0.15, 0.2) is 5.82 Å². The van der Waals surface area contributed by atoms with E-state index in [1.54, 1.807) is 19.3 Å². The van der Waals surface area contributed by atoms with Crippen molar-refractivity contribution in [3.63, 3.8) is 0 Å². The van der Waals surface area contributed by atoms with Gasteiger partial charge in [0.25, 0.3) is 0 Å². The minimum Gasteiger partial charge on any atom is -0.302 e. The van der Waals surface area contributed by atoms with Gasteiger partial charge in [0.2, 0.25) is 0 Å². The van der Waals surface area contributed by atoms with Gasteiger partial charge in [-0.2, -0.15) is 10.1 Å². The molecule has 0 aromatic carbocycles. The van der Waals surface area contributed by atoms with E-state index < -0.39 is 0 Å². The van der Waals surface area contributed by atoms with Gasteiger partial charge in [-0.05, 0) is 6.07 Å². The van der Waals surface area contributed by atoms with Gasteiger partial charge >= 0.3 is 5.69 Å². The third-order valence-corrected chi connectivity index (χ3v) is 1.61. The quantitative estimate of drug-likeness (QED) is 0.581. The van der Waals surface area contributed by atoms with Crippen LogP contribution in [0, 0.1) is 0 Å². The summed E-state index contributed by atoms with van der Waals surface area (Å²) in [5.74, 6) is 0.473. The van der Waals surface area contributed by atoms with Gasteiger partial charge in [0, 0.05) is 13.2 Å². The van der Waals surface area contributed by atoms with E-state index in [2.05, 4.69) is 15.1 Å². The predicted molar refractivity (Wildman–Crippen MR) is 44.4 cm³/mol. The number of hydrogen-bond acceptors (Lipinski definition) is 4. The lowest BCUT2D eigenvalue weighted by Gasteiger charge is -1.99.